The maximum Gasteiger partial charge on any atom is 0.216 e. The fourth-order valence-corrected chi connectivity index (χ4v) is 3.88. The van der Waals surface area contributed by atoms with Gasteiger partial charge in [-0.3, -0.25) is 0 Å². The van der Waals surface area contributed by atoms with Crippen molar-refractivity contribution >= 4 is 15.8 Å². The number of sulfonamides is 1. The third-order valence-electron chi connectivity index (χ3n) is 4.42. The molecule has 6 nitrogen and oxygen atoms in total. The zero-order valence-corrected chi connectivity index (χ0v) is 14.9. The van der Waals surface area contributed by atoms with Crippen LogP contribution in [0.4, 0.5) is 5.82 Å². The van der Waals surface area contributed by atoms with Crippen molar-refractivity contribution in [1.82, 2.24) is 14.5 Å². The molecule has 0 N–H and O–H groups in total. The van der Waals surface area contributed by atoms with Gasteiger partial charge in [0.25, 0.3) is 0 Å². The van der Waals surface area contributed by atoms with Gasteiger partial charge in [-0.2, -0.15) is 4.31 Å². The molecule has 1 aromatic heterocycles. The van der Waals surface area contributed by atoms with Gasteiger partial charge in [-0.1, -0.05) is 30.3 Å². The lowest BCUT2D eigenvalue weighted by atomic mass is 10.1. The molecule has 1 fully saturated rings. The Labute approximate surface area is 143 Å². The van der Waals surface area contributed by atoms with Crippen LogP contribution in [0.15, 0.2) is 42.5 Å². The van der Waals surface area contributed by atoms with Gasteiger partial charge in [-0.25, -0.2) is 8.42 Å². The highest BCUT2D eigenvalue weighted by atomic mass is 32.2. The van der Waals surface area contributed by atoms with Crippen LogP contribution < -0.4 is 4.90 Å². The minimum Gasteiger partial charge on any atom is -0.352 e. The summed E-state index contributed by atoms with van der Waals surface area (Å²) in [6, 6.07) is 13.8. The SMILES string of the molecule is CC(C)S(=O)(=O)N(C)C1CN(c2ccc(-c3ccccc3)nn2)C1. The van der Waals surface area contributed by atoms with E-state index in [2.05, 4.69) is 10.2 Å². The lowest BCUT2D eigenvalue weighted by molar-refractivity contribution is 0.307. The van der Waals surface area contributed by atoms with E-state index >= 15 is 0 Å². The zero-order valence-electron chi connectivity index (χ0n) is 14.1. The summed E-state index contributed by atoms with van der Waals surface area (Å²) in [5, 5.41) is 8.15. The molecule has 0 unspecified atom stereocenters. The highest BCUT2D eigenvalue weighted by Gasteiger charge is 2.37. The summed E-state index contributed by atoms with van der Waals surface area (Å²) in [4.78, 5) is 2.04. The van der Waals surface area contributed by atoms with Gasteiger partial charge in [0.2, 0.25) is 10.0 Å². The Bertz CT molecular complexity index is 785. The van der Waals surface area contributed by atoms with E-state index in [-0.39, 0.29) is 6.04 Å². The Morgan fingerprint density at radius 1 is 1.08 bits per heavy atom. The summed E-state index contributed by atoms with van der Waals surface area (Å²) < 4.78 is 25.9. The number of nitrogens with zero attached hydrogens (tertiary/aromatic N) is 4. The third kappa shape index (κ3) is 3.14. The van der Waals surface area contributed by atoms with Crippen LogP contribution >= 0.6 is 0 Å². The van der Waals surface area contributed by atoms with Crippen molar-refractivity contribution < 1.29 is 8.42 Å². The van der Waals surface area contributed by atoms with Crippen LogP contribution in [0.1, 0.15) is 13.8 Å². The number of likely N-dealkylation sites (N-methyl/N-ethyl adjacent to an activating group) is 1. The lowest BCUT2D eigenvalue weighted by Crippen LogP contribution is -2.60. The van der Waals surface area contributed by atoms with Crippen LogP contribution in [-0.4, -0.2) is 54.3 Å². The first-order chi connectivity index (χ1) is 11.4. The van der Waals surface area contributed by atoms with Gasteiger partial charge in [-0.15, -0.1) is 10.2 Å². The van der Waals surface area contributed by atoms with Crippen molar-refractivity contribution in [3.63, 3.8) is 0 Å². The number of hydrogen-bond acceptors (Lipinski definition) is 5. The van der Waals surface area contributed by atoms with Crippen molar-refractivity contribution in [2.75, 3.05) is 25.0 Å². The largest absolute Gasteiger partial charge is 0.352 e. The second-order valence-electron chi connectivity index (χ2n) is 6.31. The first kappa shape index (κ1) is 16.9. The monoisotopic (exact) mass is 346 g/mol. The number of benzene rings is 1. The van der Waals surface area contributed by atoms with Gasteiger partial charge >= 0.3 is 0 Å². The molecule has 1 saturated heterocycles. The molecule has 7 heteroatoms. The predicted octanol–water partition coefficient (Wildman–Crippen LogP) is 2.00. The fourth-order valence-electron chi connectivity index (χ4n) is 2.67. The average Bonchev–Trinajstić information content (AvgIpc) is 2.54. The summed E-state index contributed by atoms with van der Waals surface area (Å²) in [7, 11) is -1.56. The van der Waals surface area contributed by atoms with Crippen LogP contribution in [-0.2, 0) is 10.0 Å². The predicted molar refractivity (Wildman–Crippen MR) is 95.3 cm³/mol. The van der Waals surface area contributed by atoms with Crippen LogP contribution in [0.2, 0.25) is 0 Å². The van der Waals surface area contributed by atoms with Crippen molar-refractivity contribution in [2.24, 2.45) is 0 Å². The van der Waals surface area contributed by atoms with Crippen molar-refractivity contribution in [3.8, 4) is 11.3 Å². The Balaban J connectivity index is 1.64. The van der Waals surface area contributed by atoms with Crippen molar-refractivity contribution in [2.45, 2.75) is 25.1 Å². The van der Waals surface area contributed by atoms with Crippen LogP contribution in [0.5, 0.6) is 0 Å². The molecule has 128 valence electrons. The average molecular weight is 346 g/mol. The van der Waals surface area contributed by atoms with Gasteiger partial charge in [0.1, 0.15) is 0 Å². The summed E-state index contributed by atoms with van der Waals surface area (Å²) in [5.74, 6) is 0.779. The third-order valence-corrected chi connectivity index (χ3v) is 6.71. The quantitative estimate of drug-likeness (QED) is 0.828. The van der Waals surface area contributed by atoms with E-state index in [0.29, 0.717) is 13.1 Å². The summed E-state index contributed by atoms with van der Waals surface area (Å²) in [6.07, 6.45) is 0. The van der Waals surface area contributed by atoms with Crippen LogP contribution in [0.25, 0.3) is 11.3 Å². The molecule has 0 aliphatic carbocycles. The number of anilines is 1. The molecule has 0 spiro atoms. The Morgan fingerprint density at radius 3 is 2.29 bits per heavy atom. The standard InChI is InChI=1S/C17H22N4O2S/c1-13(2)24(22,23)20(3)15-11-21(12-15)17-10-9-16(18-19-17)14-7-5-4-6-8-14/h4-10,13,15H,11-12H2,1-3H3. The highest BCUT2D eigenvalue weighted by molar-refractivity contribution is 7.89. The maximum absolute atomic E-state index is 12.2. The second-order valence-corrected chi connectivity index (χ2v) is 8.86. The molecule has 2 heterocycles. The lowest BCUT2D eigenvalue weighted by Gasteiger charge is -2.44. The van der Waals surface area contributed by atoms with Gasteiger partial charge < -0.3 is 4.90 Å². The molecular weight excluding hydrogens is 324 g/mol. The van der Waals surface area contributed by atoms with Gasteiger partial charge in [0, 0.05) is 25.7 Å². The summed E-state index contributed by atoms with van der Waals surface area (Å²) in [5.41, 5.74) is 1.86. The van der Waals surface area contributed by atoms with E-state index in [9.17, 15) is 8.42 Å². The van der Waals surface area contributed by atoms with E-state index in [1.54, 1.807) is 20.9 Å². The number of aromatic nitrogens is 2. The van der Waals surface area contributed by atoms with E-state index in [4.69, 9.17) is 0 Å². The first-order valence-corrected chi connectivity index (χ1v) is 9.51. The molecule has 24 heavy (non-hydrogen) atoms. The molecule has 0 bridgehead atoms. The van der Waals surface area contributed by atoms with Crippen LogP contribution in [0, 0.1) is 0 Å². The molecule has 1 aromatic carbocycles. The Hall–Kier alpha value is -1.99. The number of hydrogen-bond donors (Lipinski definition) is 0. The van der Waals surface area contributed by atoms with Gasteiger partial charge in [0.05, 0.1) is 17.0 Å². The topological polar surface area (TPSA) is 66.4 Å². The van der Waals surface area contributed by atoms with Crippen molar-refractivity contribution in [1.29, 1.82) is 0 Å². The summed E-state index contributed by atoms with van der Waals surface area (Å²) in [6.45, 7) is 4.69. The van der Waals surface area contributed by atoms with Gasteiger partial charge in [0.15, 0.2) is 5.82 Å². The van der Waals surface area contributed by atoms with E-state index < -0.39 is 15.3 Å². The molecule has 2 aromatic rings. The molecular formula is C17H22N4O2S. The van der Waals surface area contributed by atoms with E-state index in [1.165, 1.54) is 4.31 Å². The molecule has 0 saturated carbocycles. The zero-order chi connectivity index (χ0) is 17.3. The van der Waals surface area contributed by atoms with E-state index in [1.807, 2.05) is 47.4 Å². The fraction of sp³-hybridized carbons (Fsp3) is 0.412. The summed E-state index contributed by atoms with van der Waals surface area (Å²) >= 11 is 0. The Kier molecular flexibility index (Phi) is 4.56. The molecule has 0 radical (unpaired) electrons. The molecule has 0 amide bonds. The van der Waals surface area contributed by atoms with Crippen LogP contribution in [0.3, 0.4) is 0 Å². The normalized spacial score (nSPS) is 15.8. The molecule has 0 atom stereocenters. The molecule has 1 aliphatic heterocycles. The molecule has 1 aliphatic rings. The minimum atomic E-state index is -3.21. The first-order valence-electron chi connectivity index (χ1n) is 8.00. The molecule has 3 rings (SSSR count). The number of rotatable bonds is 5. The minimum absolute atomic E-state index is 0.00648. The second kappa shape index (κ2) is 6.49. The van der Waals surface area contributed by atoms with Gasteiger partial charge in [-0.05, 0) is 26.0 Å². The van der Waals surface area contributed by atoms with E-state index in [0.717, 1.165) is 17.1 Å². The smallest absolute Gasteiger partial charge is 0.216 e. The maximum atomic E-state index is 12.2. The Morgan fingerprint density at radius 2 is 1.75 bits per heavy atom. The van der Waals surface area contributed by atoms with Crippen molar-refractivity contribution in [3.05, 3.63) is 42.5 Å². The highest BCUT2D eigenvalue weighted by Crippen LogP contribution is 2.25.